The molecule has 78 valence electrons. The third kappa shape index (κ3) is 3.97. The van der Waals surface area contributed by atoms with E-state index < -0.39 is 0 Å². The van der Waals surface area contributed by atoms with E-state index in [0.29, 0.717) is 6.54 Å². The predicted molar refractivity (Wildman–Crippen MR) is 62.5 cm³/mol. The Labute approximate surface area is 91.2 Å². The van der Waals surface area contributed by atoms with Crippen molar-refractivity contribution in [2.75, 3.05) is 13.1 Å². The summed E-state index contributed by atoms with van der Waals surface area (Å²) in [5.41, 5.74) is 1.08. The zero-order valence-electron chi connectivity index (χ0n) is 8.82. The maximum atomic E-state index is 9.03. The molecule has 1 aromatic carbocycles. The molecule has 0 amide bonds. The molecule has 0 spiro atoms. The van der Waals surface area contributed by atoms with E-state index in [9.17, 15) is 0 Å². The lowest BCUT2D eigenvalue weighted by Gasteiger charge is -2.09. The summed E-state index contributed by atoms with van der Waals surface area (Å²) in [6, 6.07) is 12.2. The van der Waals surface area contributed by atoms with Crippen LogP contribution in [0.3, 0.4) is 0 Å². The van der Waals surface area contributed by atoms with Crippen molar-refractivity contribution in [1.29, 1.82) is 5.26 Å². The van der Waals surface area contributed by atoms with Gasteiger partial charge in [0.05, 0.1) is 12.0 Å². The summed E-state index contributed by atoms with van der Waals surface area (Å²) in [5, 5.41) is 12.3. The summed E-state index contributed by atoms with van der Waals surface area (Å²) < 4.78 is 0. The van der Waals surface area contributed by atoms with Crippen molar-refractivity contribution in [2.45, 2.75) is 12.3 Å². The van der Waals surface area contributed by atoms with Gasteiger partial charge in [-0.15, -0.1) is 6.58 Å². The molecule has 0 bridgehead atoms. The van der Waals surface area contributed by atoms with Crippen LogP contribution < -0.4 is 5.32 Å². The highest BCUT2D eigenvalue weighted by atomic mass is 14.8. The fourth-order valence-electron chi connectivity index (χ4n) is 1.37. The van der Waals surface area contributed by atoms with Gasteiger partial charge in [-0.1, -0.05) is 36.4 Å². The van der Waals surface area contributed by atoms with Crippen LogP contribution in [-0.4, -0.2) is 13.1 Å². The van der Waals surface area contributed by atoms with Crippen molar-refractivity contribution >= 4 is 0 Å². The molecule has 0 aliphatic heterocycles. The molecule has 0 aliphatic carbocycles. The highest BCUT2D eigenvalue weighted by Gasteiger charge is 2.08. The molecule has 15 heavy (non-hydrogen) atoms. The van der Waals surface area contributed by atoms with E-state index in [4.69, 9.17) is 5.26 Å². The van der Waals surface area contributed by atoms with Crippen molar-refractivity contribution in [3.05, 3.63) is 48.6 Å². The van der Waals surface area contributed by atoms with E-state index in [2.05, 4.69) is 18.0 Å². The monoisotopic (exact) mass is 200 g/mol. The second kappa shape index (κ2) is 6.80. The van der Waals surface area contributed by atoms with Gasteiger partial charge in [-0.2, -0.15) is 5.26 Å². The van der Waals surface area contributed by atoms with E-state index in [-0.39, 0.29) is 5.92 Å². The van der Waals surface area contributed by atoms with Crippen LogP contribution in [0.1, 0.15) is 17.9 Å². The molecule has 0 fully saturated rings. The Hall–Kier alpha value is -1.59. The van der Waals surface area contributed by atoms with Gasteiger partial charge in [0, 0.05) is 6.54 Å². The number of hydrogen-bond acceptors (Lipinski definition) is 2. The number of rotatable bonds is 6. The van der Waals surface area contributed by atoms with Crippen LogP contribution in [0.2, 0.25) is 0 Å². The Morgan fingerprint density at radius 3 is 2.73 bits per heavy atom. The Kier molecular flexibility index (Phi) is 5.21. The summed E-state index contributed by atoms with van der Waals surface area (Å²) in [5.74, 6) is -0.0592. The van der Waals surface area contributed by atoms with Crippen molar-refractivity contribution in [1.82, 2.24) is 5.32 Å². The standard InChI is InChI=1S/C13H16N2/c1-2-3-9-15-11-13(10-14)12-7-5-4-6-8-12/h2,4-8,13,15H,1,3,9,11H2. The molecular formula is C13H16N2. The molecule has 0 saturated carbocycles. The van der Waals surface area contributed by atoms with E-state index in [1.54, 1.807) is 0 Å². The van der Waals surface area contributed by atoms with Gasteiger partial charge in [0.25, 0.3) is 0 Å². The molecule has 0 aliphatic rings. The minimum absolute atomic E-state index is 0.0592. The van der Waals surface area contributed by atoms with Crippen LogP contribution in [0, 0.1) is 11.3 Å². The summed E-state index contributed by atoms with van der Waals surface area (Å²) >= 11 is 0. The second-order valence-electron chi connectivity index (χ2n) is 3.37. The Bertz CT molecular complexity index is 324. The van der Waals surface area contributed by atoms with Crippen molar-refractivity contribution < 1.29 is 0 Å². The molecule has 1 unspecified atom stereocenters. The Balaban J connectivity index is 2.44. The van der Waals surface area contributed by atoms with Crippen LogP contribution >= 0.6 is 0 Å². The third-order valence-corrected chi connectivity index (χ3v) is 2.23. The highest BCUT2D eigenvalue weighted by Crippen LogP contribution is 2.12. The van der Waals surface area contributed by atoms with Crippen LogP contribution in [-0.2, 0) is 0 Å². The van der Waals surface area contributed by atoms with Crippen LogP contribution in [0.5, 0.6) is 0 Å². The zero-order chi connectivity index (χ0) is 10.9. The molecule has 0 heterocycles. The van der Waals surface area contributed by atoms with Gasteiger partial charge >= 0.3 is 0 Å². The summed E-state index contributed by atoms with van der Waals surface area (Å²) in [6.07, 6.45) is 2.81. The van der Waals surface area contributed by atoms with Gasteiger partial charge in [0.1, 0.15) is 0 Å². The molecule has 2 heteroatoms. The molecule has 1 atom stereocenters. The molecule has 0 radical (unpaired) electrons. The van der Waals surface area contributed by atoms with Gasteiger partial charge in [0.2, 0.25) is 0 Å². The lowest BCUT2D eigenvalue weighted by Crippen LogP contribution is -2.21. The fraction of sp³-hybridized carbons (Fsp3) is 0.308. The summed E-state index contributed by atoms with van der Waals surface area (Å²) in [6.45, 7) is 5.24. The summed E-state index contributed by atoms with van der Waals surface area (Å²) in [4.78, 5) is 0. The van der Waals surface area contributed by atoms with Gasteiger partial charge in [0.15, 0.2) is 0 Å². The average molecular weight is 200 g/mol. The number of nitrogens with zero attached hydrogens (tertiary/aromatic N) is 1. The van der Waals surface area contributed by atoms with Gasteiger partial charge in [-0.3, -0.25) is 0 Å². The minimum Gasteiger partial charge on any atom is -0.315 e. The van der Waals surface area contributed by atoms with Gasteiger partial charge < -0.3 is 5.32 Å². The SMILES string of the molecule is C=CCCNCC(C#N)c1ccccc1. The van der Waals surface area contributed by atoms with Crippen molar-refractivity contribution in [3.63, 3.8) is 0 Å². The first-order valence-corrected chi connectivity index (χ1v) is 5.14. The molecule has 1 aromatic rings. The molecule has 2 nitrogen and oxygen atoms in total. The maximum absolute atomic E-state index is 9.03. The van der Waals surface area contributed by atoms with E-state index in [1.165, 1.54) is 0 Å². The fourth-order valence-corrected chi connectivity index (χ4v) is 1.37. The Morgan fingerprint density at radius 2 is 2.13 bits per heavy atom. The number of benzene rings is 1. The zero-order valence-corrected chi connectivity index (χ0v) is 8.82. The predicted octanol–water partition coefficient (Wildman–Crippen LogP) is 2.46. The van der Waals surface area contributed by atoms with E-state index in [0.717, 1.165) is 18.5 Å². The summed E-state index contributed by atoms with van der Waals surface area (Å²) in [7, 11) is 0. The quantitative estimate of drug-likeness (QED) is 0.565. The first-order chi connectivity index (χ1) is 7.38. The van der Waals surface area contributed by atoms with E-state index in [1.807, 2.05) is 36.4 Å². The van der Waals surface area contributed by atoms with Gasteiger partial charge in [-0.05, 0) is 18.5 Å². The third-order valence-electron chi connectivity index (χ3n) is 2.23. The first-order valence-electron chi connectivity index (χ1n) is 5.14. The minimum atomic E-state index is -0.0592. The molecule has 1 rings (SSSR count). The Morgan fingerprint density at radius 1 is 1.40 bits per heavy atom. The van der Waals surface area contributed by atoms with Crippen LogP contribution in [0.4, 0.5) is 0 Å². The second-order valence-corrected chi connectivity index (χ2v) is 3.37. The lowest BCUT2D eigenvalue weighted by atomic mass is 10.0. The number of nitriles is 1. The largest absolute Gasteiger partial charge is 0.315 e. The van der Waals surface area contributed by atoms with Crippen LogP contribution in [0.15, 0.2) is 43.0 Å². The van der Waals surface area contributed by atoms with Gasteiger partial charge in [-0.25, -0.2) is 0 Å². The van der Waals surface area contributed by atoms with E-state index >= 15 is 0 Å². The highest BCUT2D eigenvalue weighted by molar-refractivity contribution is 5.24. The van der Waals surface area contributed by atoms with Crippen LogP contribution in [0.25, 0.3) is 0 Å². The normalized spacial score (nSPS) is 11.7. The molecular weight excluding hydrogens is 184 g/mol. The molecule has 0 aromatic heterocycles. The molecule has 1 N–H and O–H groups in total. The van der Waals surface area contributed by atoms with Crippen molar-refractivity contribution in [2.24, 2.45) is 0 Å². The van der Waals surface area contributed by atoms with Crippen molar-refractivity contribution in [3.8, 4) is 6.07 Å². The maximum Gasteiger partial charge on any atom is 0.0837 e. The molecule has 0 saturated heterocycles. The topological polar surface area (TPSA) is 35.8 Å². The smallest absolute Gasteiger partial charge is 0.0837 e. The number of nitrogens with one attached hydrogen (secondary N) is 1. The lowest BCUT2D eigenvalue weighted by molar-refractivity contribution is 0.656. The first kappa shape index (κ1) is 11.5. The average Bonchev–Trinajstić information content (AvgIpc) is 2.30. The number of hydrogen-bond donors (Lipinski definition) is 1.